The van der Waals surface area contributed by atoms with Crippen molar-refractivity contribution in [3.8, 4) is 5.69 Å². The van der Waals surface area contributed by atoms with E-state index in [0.29, 0.717) is 15.6 Å². The summed E-state index contributed by atoms with van der Waals surface area (Å²) in [6.07, 6.45) is 4.81. The number of anilines is 1. The lowest BCUT2D eigenvalue weighted by Gasteiger charge is -2.28. The Hall–Kier alpha value is -4.08. The maximum atomic E-state index is 13.7. The SMILES string of the molecule is C[C@@H]1C(=O)N(c2ccc3c(cnn3-c3ccc(F)cc3)c2)[C@H](c2ccc(Cl)s2)[C@H]1NC(=O)c1cccnc1. The maximum absolute atomic E-state index is 13.7. The molecule has 3 atom stereocenters. The monoisotopic (exact) mass is 545 g/mol. The first-order valence-corrected chi connectivity index (χ1v) is 13.1. The van der Waals surface area contributed by atoms with Gasteiger partial charge < -0.3 is 10.2 Å². The number of rotatable bonds is 5. The molecule has 0 unspecified atom stereocenters. The van der Waals surface area contributed by atoms with Crippen LogP contribution in [0.2, 0.25) is 4.34 Å². The van der Waals surface area contributed by atoms with Gasteiger partial charge in [-0.25, -0.2) is 9.07 Å². The van der Waals surface area contributed by atoms with Crippen LogP contribution in [0.15, 0.2) is 85.3 Å². The van der Waals surface area contributed by atoms with Gasteiger partial charge in [0.25, 0.3) is 5.91 Å². The number of nitrogens with one attached hydrogen (secondary N) is 1. The second-order valence-electron chi connectivity index (χ2n) is 9.10. The van der Waals surface area contributed by atoms with E-state index in [-0.39, 0.29) is 17.6 Å². The van der Waals surface area contributed by atoms with Gasteiger partial charge in [0, 0.05) is 28.3 Å². The summed E-state index contributed by atoms with van der Waals surface area (Å²) in [4.78, 5) is 33.4. The van der Waals surface area contributed by atoms with Crippen LogP contribution in [0, 0.1) is 11.7 Å². The van der Waals surface area contributed by atoms with Crippen LogP contribution in [0.4, 0.5) is 10.1 Å². The Morgan fingerprint density at radius 3 is 2.55 bits per heavy atom. The van der Waals surface area contributed by atoms with Crippen LogP contribution in [-0.4, -0.2) is 32.6 Å². The molecule has 0 radical (unpaired) electrons. The molecule has 5 aromatic rings. The number of thiophene rings is 1. The number of hydrogen-bond donors (Lipinski definition) is 1. The van der Waals surface area contributed by atoms with Gasteiger partial charge in [-0.1, -0.05) is 18.5 Å². The average Bonchev–Trinajstić information content (AvgIpc) is 3.62. The summed E-state index contributed by atoms with van der Waals surface area (Å²) in [5, 5.41) is 8.37. The third-order valence-corrected chi connectivity index (χ3v) is 8.09. The first kappa shape index (κ1) is 24.3. The summed E-state index contributed by atoms with van der Waals surface area (Å²) in [6, 6.07) is 17.9. The molecule has 38 heavy (non-hydrogen) atoms. The van der Waals surface area contributed by atoms with Crippen LogP contribution < -0.4 is 10.2 Å². The molecule has 6 rings (SSSR count). The Labute approximate surface area is 226 Å². The molecule has 3 aromatic heterocycles. The Balaban J connectivity index is 1.39. The second-order valence-corrected chi connectivity index (χ2v) is 10.8. The molecule has 10 heteroatoms. The van der Waals surface area contributed by atoms with Crippen molar-refractivity contribution in [1.29, 1.82) is 0 Å². The van der Waals surface area contributed by atoms with Crippen LogP contribution >= 0.6 is 22.9 Å². The zero-order valence-electron chi connectivity index (χ0n) is 20.1. The van der Waals surface area contributed by atoms with Gasteiger partial charge in [0.1, 0.15) is 5.82 Å². The molecular formula is C28H21ClFN5O2S. The molecule has 0 aliphatic carbocycles. The number of carbonyl (C=O) groups is 2. The minimum absolute atomic E-state index is 0.110. The van der Waals surface area contributed by atoms with Gasteiger partial charge in [-0.2, -0.15) is 5.10 Å². The number of carbonyl (C=O) groups excluding carboxylic acids is 2. The van der Waals surface area contributed by atoms with Gasteiger partial charge in [0.05, 0.1) is 45.3 Å². The van der Waals surface area contributed by atoms with Crippen LogP contribution in [0.3, 0.4) is 0 Å². The molecule has 190 valence electrons. The minimum atomic E-state index is -0.498. The quantitative estimate of drug-likeness (QED) is 0.303. The van der Waals surface area contributed by atoms with E-state index in [1.807, 2.05) is 31.2 Å². The molecule has 4 heterocycles. The highest BCUT2D eigenvalue weighted by Gasteiger charge is 2.48. The number of fused-ring (bicyclic) bond motifs is 1. The van der Waals surface area contributed by atoms with Crippen LogP contribution in [-0.2, 0) is 4.79 Å². The summed E-state index contributed by atoms with van der Waals surface area (Å²) in [6.45, 7) is 1.82. The van der Waals surface area contributed by atoms with Gasteiger partial charge in [-0.15, -0.1) is 11.3 Å². The lowest BCUT2D eigenvalue weighted by molar-refractivity contribution is -0.120. The summed E-state index contributed by atoms with van der Waals surface area (Å²) in [5.74, 6) is -1.22. The number of benzene rings is 2. The average molecular weight is 546 g/mol. The number of nitrogens with zero attached hydrogens (tertiary/aromatic N) is 4. The van der Waals surface area contributed by atoms with E-state index in [2.05, 4.69) is 15.4 Å². The van der Waals surface area contributed by atoms with Crippen LogP contribution in [0.1, 0.15) is 28.2 Å². The molecule has 0 bridgehead atoms. The summed E-state index contributed by atoms with van der Waals surface area (Å²) >= 11 is 7.67. The zero-order valence-corrected chi connectivity index (χ0v) is 21.7. The molecule has 2 aromatic carbocycles. The van der Waals surface area contributed by atoms with Gasteiger partial charge in [-0.05, 0) is 66.7 Å². The van der Waals surface area contributed by atoms with Crippen molar-refractivity contribution < 1.29 is 14.0 Å². The molecule has 0 spiro atoms. The smallest absolute Gasteiger partial charge is 0.253 e. The highest BCUT2D eigenvalue weighted by molar-refractivity contribution is 7.16. The van der Waals surface area contributed by atoms with Crippen molar-refractivity contribution in [3.05, 3.63) is 106 Å². The Bertz CT molecular complexity index is 1650. The van der Waals surface area contributed by atoms with E-state index >= 15 is 0 Å². The lowest BCUT2D eigenvalue weighted by Crippen LogP contribution is -2.41. The van der Waals surface area contributed by atoms with Crippen molar-refractivity contribution >= 4 is 51.3 Å². The van der Waals surface area contributed by atoms with Crippen molar-refractivity contribution in [1.82, 2.24) is 20.1 Å². The summed E-state index contributed by atoms with van der Waals surface area (Å²) in [7, 11) is 0. The van der Waals surface area contributed by atoms with E-state index in [1.54, 1.807) is 52.3 Å². The Kier molecular flexibility index (Phi) is 6.17. The highest BCUT2D eigenvalue weighted by Crippen LogP contribution is 2.44. The molecule has 1 saturated heterocycles. The first-order chi connectivity index (χ1) is 18.4. The molecule has 1 aliphatic heterocycles. The normalized spacial score (nSPS) is 19.3. The van der Waals surface area contributed by atoms with E-state index in [4.69, 9.17) is 11.6 Å². The maximum Gasteiger partial charge on any atom is 0.253 e. The fourth-order valence-corrected chi connectivity index (χ4v) is 6.12. The van der Waals surface area contributed by atoms with E-state index in [0.717, 1.165) is 21.5 Å². The molecule has 0 saturated carbocycles. The first-order valence-electron chi connectivity index (χ1n) is 11.9. The van der Waals surface area contributed by atoms with E-state index in [9.17, 15) is 14.0 Å². The van der Waals surface area contributed by atoms with Crippen molar-refractivity contribution in [2.24, 2.45) is 5.92 Å². The molecule has 7 nitrogen and oxygen atoms in total. The number of hydrogen-bond acceptors (Lipinski definition) is 5. The summed E-state index contributed by atoms with van der Waals surface area (Å²) < 4.78 is 15.7. The van der Waals surface area contributed by atoms with Gasteiger partial charge in [0.2, 0.25) is 5.91 Å². The predicted octanol–water partition coefficient (Wildman–Crippen LogP) is 5.80. The highest BCUT2D eigenvalue weighted by atomic mass is 35.5. The van der Waals surface area contributed by atoms with Gasteiger partial charge in [0.15, 0.2) is 0 Å². The zero-order chi connectivity index (χ0) is 26.4. The third-order valence-electron chi connectivity index (χ3n) is 6.79. The van der Waals surface area contributed by atoms with Gasteiger partial charge >= 0.3 is 0 Å². The number of aromatic nitrogens is 3. The predicted molar refractivity (Wildman–Crippen MR) is 145 cm³/mol. The molecule has 1 aliphatic rings. The topological polar surface area (TPSA) is 80.1 Å². The number of halogens is 2. The minimum Gasteiger partial charge on any atom is -0.346 e. The second kappa shape index (κ2) is 9.66. The standard InChI is InChI=1S/C28H21ClFN5O2S/c1-16-25(33-27(36)17-3-2-12-31-14-17)26(23-10-11-24(29)38-23)34(28(16)37)21-8-9-22-18(13-21)15-32-35(22)20-6-4-19(30)5-7-20/h2-16,25-26H,1H3,(H,33,36)/t16-,25-,26+/m0/s1. The third kappa shape index (κ3) is 4.23. The fraction of sp³-hybridized carbons (Fsp3) is 0.143. The van der Waals surface area contributed by atoms with Crippen molar-refractivity contribution in [2.75, 3.05) is 4.90 Å². The summed E-state index contributed by atoms with van der Waals surface area (Å²) in [5.41, 5.74) is 2.64. The van der Waals surface area contributed by atoms with E-state index < -0.39 is 18.0 Å². The molecule has 2 amide bonds. The molecule has 1 fully saturated rings. The van der Waals surface area contributed by atoms with E-state index in [1.165, 1.54) is 29.7 Å². The lowest BCUT2D eigenvalue weighted by atomic mass is 9.98. The van der Waals surface area contributed by atoms with Crippen LogP contribution in [0.5, 0.6) is 0 Å². The number of pyridine rings is 1. The van der Waals surface area contributed by atoms with Crippen molar-refractivity contribution in [2.45, 2.75) is 19.0 Å². The number of amides is 2. The largest absolute Gasteiger partial charge is 0.346 e. The van der Waals surface area contributed by atoms with Crippen molar-refractivity contribution in [3.63, 3.8) is 0 Å². The molecular weight excluding hydrogens is 525 g/mol. The Morgan fingerprint density at radius 1 is 1.05 bits per heavy atom. The Morgan fingerprint density at radius 2 is 1.84 bits per heavy atom. The van der Waals surface area contributed by atoms with Gasteiger partial charge in [-0.3, -0.25) is 14.6 Å². The van der Waals surface area contributed by atoms with Crippen LogP contribution in [0.25, 0.3) is 16.6 Å². The fourth-order valence-electron chi connectivity index (χ4n) is 4.92. The molecule has 1 N–H and O–H groups in total.